The molecule has 122 valence electrons. The first-order chi connectivity index (χ1) is 11.1. The first-order valence-electron chi connectivity index (χ1n) is 8.17. The molecule has 2 atom stereocenters. The van der Waals surface area contributed by atoms with Crippen molar-refractivity contribution in [3.63, 3.8) is 0 Å². The maximum Gasteiger partial charge on any atom is 0.143 e. The Balaban J connectivity index is 1.76. The predicted molar refractivity (Wildman–Crippen MR) is 93.7 cm³/mol. The van der Waals surface area contributed by atoms with Crippen molar-refractivity contribution in [3.05, 3.63) is 48.0 Å². The molecular weight excluding hydrogens is 288 g/mol. The minimum absolute atomic E-state index is 0.00615. The van der Waals surface area contributed by atoms with E-state index in [-0.39, 0.29) is 12.2 Å². The fourth-order valence-corrected chi connectivity index (χ4v) is 2.99. The molecule has 0 aliphatic heterocycles. The number of anilines is 2. The number of rotatable bonds is 4. The molecule has 23 heavy (non-hydrogen) atoms. The maximum absolute atomic E-state index is 6.20. The standard InChI is InChI=1S/C19H24N2O2/c1-13-10-11-15(21)19(12-13)23-18-9-5-4-8-17(18)22-16-7-3-2-6-14(16)20/h2-3,6-7,10-12,17-18H,4-5,8-9,20-21H2,1H3/t17-,18-/m1/s1. The van der Waals surface area contributed by atoms with E-state index in [0.29, 0.717) is 11.4 Å². The zero-order chi connectivity index (χ0) is 16.2. The molecule has 0 aromatic heterocycles. The van der Waals surface area contributed by atoms with Crippen molar-refractivity contribution in [2.75, 3.05) is 11.5 Å². The van der Waals surface area contributed by atoms with Gasteiger partial charge in [0.25, 0.3) is 0 Å². The summed E-state index contributed by atoms with van der Waals surface area (Å²) < 4.78 is 12.4. The molecule has 4 N–H and O–H groups in total. The Morgan fingerprint density at radius 3 is 2.13 bits per heavy atom. The summed E-state index contributed by atoms with van der Waals surface area (Å²) in [7, 11) is 0. The molecule has 1 aliphatic rings. The Bertz CT molecular complexity index is 672. The third-order valence-corrected chi connectivity index (χ3v) is 4.29. The molecule has 1 fully saturated rings. The summed E-state index contributed by atoms with van der Waals surface area (Å²) in [5.74, 6) is 1.47. The number of hydrogen-bond donors (Lipinski definition) is 2. The van der Waals surface area contributed by atoms with Crippen molar-refractivity contribution in [2.24, 2.45) is 0 Å². The second-order valence-electron chi connectivity index (χ2n) is 6.18. The van der Waals surface area contributed by atoms with E-state index in [1.54, 1.807) is 0 Å². The third kappa shape index (κ3) is 3.70. The lowest BCUT2D eigenvalue weighted by Crippen LogP contribution is -2.39. The molecule has 3 rings (SSSR count). The lowest BCUT2D eigenvalue weighted by Gasteiger charge is -2.32. The van der Waals surface area contributed by atoms with Crippen molar-refractivity contribution in [1.82, 2.24) is 0 Å². The van der Waals surface area contributed by atoms with E-state index in [2.05, 4.69) is 0 Å². The fraction of sp³-hybridized carbons (Fsp3) is 0.368. The Morgan fingerprint density at radius 1 is 0.826 bits per heavy atom. The highest BCUT2D eigenvalue weighted by Gasteiger charge is 2.29. The smallest absolute Gasteiger partial charge is 0.143 e. The summed E-state index contributed by atoms with van der Waals surface area (Å²) in [6, 6.07) is 13.5. The van der Waals surface area contributed by atoms with Crippen molar-refractivity contribution in [3.8, 4) is 11.5 Å². The van der Waals surface area contributed by atoms with Gasteiger partial charge in [-0.05, 0) is 62.4 Å². The molecule has 2 aromatic carbocycles. The molecule has 0 amide bonds. The van der Waals surface area contributed by atoms with Crippen LogP contribution in [0.1, 0.15) is 31.2 Å². The zero-order valence-corrected chi connectivity index (χ0v) is 13.5. The van der Waals surface area contributed by atoms with Gasteiger partial charge in [-0.15, -0.1) is 0 Å². The summed E-state index contributed by atoms with van der Waals surface area (Å²) in [6.45, 7) is 2.03. The van der Waals surface area contributed by atoms with E-state index in [1.807, 2.05) is 49.4 Å². The van der Waals surface area contributed by atoms with E-state index in [9.17, 15) is 0 Å². The molecule has 0 spiro atoms. The summed E-state index contributed by atoms with van der Waals surface area (Å²) in [6.07, 6.45) is 4.19. The molecule has 0 saturated heterocycles. The van der Waals surface area contributed by atoms with Gasteiger partial charge in [0.05, 0.1) is 11.4 Å². The van der Waals surface area contributed by atoms with Crippen LogP contribution in [0.15, 0.2) is 42.5 Å². The van der Waals surface area contributed by atoms with E-state index in [4.69, 9.17) is 20.9 Å². The predicted octanol–water partition coefficient (Wildman–Crippen LogP) is 3.93. The van der Waals surface area contributed by atoms with E-state index in [1.165, 1.54) is 0 Å². The zero-order valence-electron chi connectivity index (χ0n) is 13.5. The number of nitrogens with two attached hydrogens (primary N) is 2. The fourth-order valence-electron chi connectivity index (χ4n) is 2.99. The van der Waals surface area contributed by atoms with Crippen LogP contribution in [-0.4, -0.2) is 12.2 Å². The monoisotopic (exact) mass is 312 g/mol. The van der Waals surface area contributed by atoms with Gasteiger partial charge in [0, 0.05) is 0 Å². The summed E-state index contributed by atoms with van der Waals surface area (Å²) in [5.41, 5.74) is 14.5. The lowest BCUT2D eigenvalue weighted by atomic mass is 9.94. The van der Waals surface area contributed by atoms with Crippen LogP contribution in [0.3, 0.4) is 0 Å². The normalized spacial score (nSPS) is 20.9. The summed E-state index contributed by atoms with van der Waals surface area (Å²) >= 11 is 0. The van der Waals surface area contributed by atoms with Gasteiger partial charge in [0.15, 0.2) is 0 Å². The minimum Gasteiger partial charge on any atom is -0.484 e. The Hall–Kier alpha value is -2.36. The van der Waals surface area contributed by atoms with Crippen LogP contribution < -0.4 is 20.9 Å². The molecule has 0 bridgehead atoms. The first kappa shape index (κ1) is 15.5. The highest BCUT2D eigenvalue weighted by atomic mass is 16.5. The Labute approximate surface area is 137 Å². The highest BCUT2D eigenvalue weighted by Crippen LogP contribution is 2.32. The van der Waals surface area contributed by atoms with Crippen LogP contribution in [0.25, 0.3) is 0 Å². The molecule has 0 radical (unpaired) electrons. The third-order valence-electron chi connectivity index (χ3n) is 4.29. The van der Waals surface area contributed by atoms with Gasteiger partial charge in [0.1, 0.15) is 23.7 Å². The quantitative estimate of drug-likeness (QED) is 0.839. The molecule has 0 unspecified atom stereocenters. The number of hydrogen-bond acceptors (Lipinski definition) is 4. The van der Waals surface area contributed by atoms with Crippen LogP contribution in [0.2, 0.25) is 0 Å². The number of aryl methyl sites for hydroxylation is 1. The summed E-state index contributed by atoms with van der Waals surface area (Å²) in [5, 5.41) is 0. The Morgan fingerprint density at radius 2 is 1.43 bits per heavy atom. The van der Waals surface area contributed by atoms with Crippen LogP contribution in [0.4, 0.5) is 11.4 Å². The largest absolute Gasteiger partial charge is 0.484 e. The lowest BCUT2D eigenvalue weighted by molar-refractivity contribution is 0.0240. The topological polar surface area (TPSA) is 70.5 Å². The van der Waals surface area contributed by atoms with Gasteiger partial charge < -0.3 is 20.9 Å². The van der Waals surface area contributed by atoms with E-state index in [0.717, 1.165) is 42.7 Å². The van der Waals surface area contributed by atoms with Crippen molar-refractivity contribution in [2.45, 2.75) is 44.8 Å². The molecular formula is C19H24N2O2. The van der Waals surface area contributed by atoms with Gasteiger partial charge in [-0.1, -0.05) is 18.2 Å². The van der Waals surface area contributed by atoms with Crippen LogP contribution in [0, 0.1) is 6.92 Å². The SMILES string of the molecule is Cc1ccc(N)c(O[C@@H]2CCCC[C@H]2Oc2ccccc2N)c1. The van der Waals surface area contributed by atoms with E-state index >= 15 is 0 Å². The van der Waals surface area contributed by atoms with Gasteiger partial charge in [0.2, 0.25) is 0 Å². The summed E-state index contributed by atoms with van der Waals surface area (Å²) in [4.78, 5) is 0. The average molecular weight is 312 g/mol. The average Bonchev–Trinajstić information content (AvgIpc) is 2.55. The molecule has 4 nitrogen and oxygen atoms in total. The van der Waals surface area contributed by atoms with Crippen LogP contribution in [0.5, 0.6) is 11.5 Å². The van der Waals surface area contributed by atoms with Gasteiger partial charge in [-0.3, -0.25) is 0 Å². The maximum atomic E-state index is 6.20. The van der Waals surface area contributed by atoms with Crippen molar-refractivity contribution in [1.29, 1.82) is 0 Å². The number of para-hydroxylation sites is 2. The second-order valence-corrected chi connectivity index (χ2v) is 6.18. The molecule has 1 aliphatic carbocycles. The number of benzene rings is 2. The van der Waals surface area contributed by atoms with Crippen molar-refractivity contribution < 1.29 is 9.47 Å². The van der Waals surface area contributed by atoms with Gasteiger partial charge in [-0.2, -0.15) is 0 Å². The number of ether oxygens (including phenoxy) is 2. The minimum atomic E-state index is -0.00699. The molecule has 1 saturated carbocycles. The van der Waals surface area contributed by atoms with Crippen LogP contribution in [-0.2, 0) is 0 Å². The van der Waals surface area contributed by atoms with Gasteiger partial charge >= 0.3 is 0 Å². The highest BCUT2D eigenvalue weighted by molar-refractivity contribution is 5.54. The van der Waals surface area contributed by atoms with Crippen LogP contribution >= 0.6 is 0 Å². The van der Waals surface area contributed by atoms with E-state index < -0.39 is 0 Å². The molecule has 2 aromatic rings. The Kier molecular flexibility index (Phi) is 4.60. The number of nitrogen functional groups attached to an aromatic ring is 2. The van der Waals surface area contributed by atoms with Crippen molar-refractivity contribution >= 4 is 11.4 Å². The second kappa shape index (κ2) is 6.82. The first-order valence-corrected chi connectivity index (χ1v) is 8.17. The molecule has 0 heterocycles. The molecule has 4 heteroatoms. The van der Waals surface area contributed by atoms with Gasteiger partial charge in [-0.25, -0.2) is 0 Å².